The van der Waals surface area contributed by atoms with Crippen molar-refractivity contribution < 1.29 is 32.5 Å². The maximum Gasteiger partial charge on any atom is 0.269 e. The maximum atomic E-state index is 12.9. The lowest BCUT2D eigenvalue weighted by molar-refractivity contribution is -0.384. The van der Waals surface area contributed by atoms with Gasteiger partial charge in [-0.25, -0.2) is 8.42 Å². The standard InChI is InChI=1S/C30H38N4O3S.C29H36N4O.C27H34N4OS.C22H28N4O3.2C2H6/c1-4-33(5-2)30(35)26-16-14-25(15-17-26)29(27-12-9-13-28(22-27)31-38(3,36)37)34-20-18-32(19-21-34)23-24-10-7-6-8-11-24;1-3-32(4-2)29(34)25-15-13-24(14-16-25)28(26-11-8-12-27(30)21-26)33-19-17-31(18-20-33)22-23-9-6-5-7-10-23;1-3-30(4-2)27(32)23-10-8-22(9-11-23)26(24-6-5-7-25(28)18-24)31-15-13-29(14-16-31)19-21-12-17-33-20-21;1-3-24(4-2)22(27)18-10-8-17(9-11-18)21(25-14-12-23-13-15-25)19-6-5-7-20(16-19)26(28)29;2*1-2/h6-17,22,29,31H,4-5,18-21,23H2,1-3H3;5-16,21,28H,3-4,17-20,22,30H2,1-2H3;5-12,17-18,20,26H,3-4,13-16,19,28H2,1-2H3;5-11,16,21,23H,3-4,12-15H2,1-2H3;2*1-2H3. The van der Waals surface area contributed by atoms with Crippen LogP contribution < -0.4 is 21.5 Å². The Morgan fingerprint density at radius 3 is 0.942 bits per heavy atom. The fraction of sp³-hybridized carbons (Fsp3) is 0.393. The topological polar surface area (TPSA) is 257 Å². The minimum Gasteiger partial charge on any atom is -0.399 e. The number of hydrogen-bond acceptors (Lipinski definition) is 19. The lowest BCUT2D eigenvalue weighted by atomic mass is 9.95. The molecule has 11 aromatic rings. The summed E-state index contributed by atoms with van der Waals surface area (Å²) >= 11 is 1.76. The smallest absolute Gasteiger partial charge is 0.269 e. The van der Waals surface area contributed by atoms with Crippen molar-refractivity contribution in [3.8, 4) is 0 Å². The molecule has 138 heavy (non-hydrogen) atoms. The van der Waals surface area contributed by atoms with E-state index < -0.39 is 10.0 Å². The van der Waals surface area contributed by atoms with Gasteiger partial charge in [-0.15, -0.1) is 0 Å². The van der Waals surface area contributed by atoms with E-state index in [9.17, 15) is 37.7 Å². The van der Waals surface area contributed by atoms with E-state index in [0.717, 1.165) is 202 Å². The summed E-state index contributed by atoms with van der Waals surface area (Å²) in [4.78, 5) is 86.6. The summed E-state index contributed by atoms with van der Waals surface area (Å²) in [7, 11) is -3.39. The Morgan fingerprint density at radius 2 is 0.652 bits per heavy atom. The highest BCUT2D eigenvalue weighted by Crippen LogP contribution is 2.38. The van der Waals surface area contributed by atoms with Crippen LogP contribution in [0, 0.1) is 10.1 Å². The second-order valence-corrected chi connectivity index (χ2v) is 37.1. The summed E-state index contributed by atoms with van der Waals surface area (Å²) in [6, 6.07) is 86.3. The monoisotopic (exact) mass is 1910 g/mol. The summed E-state index contributed by atoms with van der Waals surface area (Å²) in [5, 5.41) is 19.0. The molecule has 0 aliphatic carbocycles. The number of nitro benzene ring substituents is 1. The zero-order valence-corrected chi connectivity index (χ0v) is 85.1. The zero-order valence-electron chi connectivity index (χ0n) is 83.5. The molecule has 1 aromatic heterocycles. The average molecular weight is 1910 g/mol. The fourth-order valence-electron chi connectivity index (χ4n) is 18.5. The highest BCUT2D eigenvalue weighted by molar-refractivity contribution is 7.92. The largest absolute Gasteiger partial charge is 0.399 e. The molecule has 4 aliphatic heterocycles. The number of carbonyl (C=O) groups is 4. The lowest BCUT2D eigenvalue weighted by Gasteiger charge is -2.40. The average Bonchev–Trinajstić information content (AvgIpc) is 0.977. The van der Waals surface area contributed by atoms with Gasteiger partial charge in [0.15, 0.2) is 0 Å². The van der Waals surface area contributed by atoms with Crippen LogP contribution in [0.1, 0.15) is 210 Å². The van der Waals surface area contributed by atoms with Crippen molar-refractivity contribution in [3.05, 3.63) is 365 Å². The summed E-state index contributed by atoms with van der Waals surface area (Å²) in [5.41, 5.74) is 30.2. The highest BCUT2D eigenvalue weighted by atomic mass is 32.2. The Bertz CT molecular complexity index is 5600. The quantitative estimate of drug-likeness (QED) is 0.0169. The molecule has 4 unspecified atom stereocenters. The molecule has 4 saturated heterocycles. The number of nitrogens with zero attached hydrogens (tertiary/aromatic N) is 12. The predicted molar refractivity (Wildman–Crippen MR) is 567 cm³/mol. The molecule has 4 amide bonds. The van der Waals surface area contributed by atoms with Crippen LogP contribution in [0.25, 0.3) is 0 Å². The Hall–Kier alpha value is -11.8. The second kappa shape index (κ2) is 55.7. The molecule has 4 aliphatic rings. The molecule has 6 N–H and O–H groups in total. The van der Waals surface area contributed by atoms with E-state index in [-0.39, 0.29) is 58.4 Å². The molecule has 24 nitrogen and oxygen atoms in total. The van der Waals surface area contributed by atoms with Crippen LogP contribution in [0.5, 0.6) is 0 Å². The number of nitrogen functional groups attached to an aromatic ring is 2. The summed E-state index contributed by atoms with van der Waals surface area (Å²) in [6.07, 6.45) is 1.16. The number of carbonyl (C=O) groups excluding carboxylic acids is 4. The number of nitrogens with two attached hydrogens (primary N) is 2. The summed E-state index contributed by atoms with van der Waals surface area (Å²) in [6.45, 7) is 47.6. The molecule has 4 fully saturated rings. The number of sulfonamides is 1. The van der Waals surface area contributed by atoms with Crippen LogP contribution in [-0.2, 0) is 29.7 Å². The molecule has 10 aromatic carbocycles. The molecule has 0 radical (unpaired) electrons. The van der Waals surface area contributed by atoms with E-state index in [1.165, 1.54) is 45.0 Å². The van der Waals surface area contributed by atoms with Gasteiger partial charge >= 0.3 is 0 Å². The van der Waals surface area contributed by atoms with E-state index in [4.69, 9.17) is 11.5 Å². The van der Waals surface area contributed by atoms with E-state index >= 15 is 0 Å². The molecule has 0 saturated carbocycles. The highest BCUT2D eigenvalue weighted by Gasteiger charge is 2.33. The van der Waals surface area contributed by atoms with Crippen molar-refractivity contribution >= 4 is 67.7 Å². The SMILES string of the molecule is CC.CC.CCN(CC)C(=O)c1ccc(C(c2cccc(N)c2)N2CCN(Cc3ccccc3)CC2)cc1.CCN(CC)C(=O)c1ccc(C(c2cccc(N)c2)N2CCN(Cc3ccsc3)CC2)cc1.CCN(CC)C(=O)c1ccc(C(c2cccc(NS(C)(=O)=O)c2)N2CCN(Cc3ccccc3)CC2)cc1.CCN(CC)C(=O)c1ccc(C(c2cccc([N+](=O)[O-])c2)N2CCNCC2)cc1. The van der Waals surface area contributed by atoms with Gasteiger partial charge in [0.25, 0.3) is 29.3 Å². The van der Waals surface area contributed by atoms with E-state index in [1.54, 1.807) is 34.4 Å². The Morgan fingerprint density at radius 1 is 0.362 bits per heavy atom. The molecule has 0 spiro atoms. The number of nitrogens with one attached hydrogen (secondary N) is 2. The van der Waals surface area contributed by atoms with Crippen LogP contribution in [0.2, 0.25) is 0 Å². The lowest BCUT2D eigenvalue weighted by Crippen LogP contribution is -2.47. The Labute approximate surface area is 825 Å². The first-order chi connectivity index (χ1) is 67.0. The normalized spacial score (nSPS) is 15.4. The third-order valence-corrected chi connectivity index (χ3v) is 27.1. The molecule has 15 rings (SSSR count). The molecule has 5 heterocycles. The van der Waals surface area contributed by atoms with Crippen LogP contribution in [0.15, 0.2) is 272 Å². The van der Waals surface area contributed by atoms with Gasteiger partial charge in [0.2, 0.25) is 10.0 Å². The van der Waals surface area contributed by atoms with Gasteiger partial charge < -0.3 is 36.4 Å². The molecular formula is C112H148N16O8S2. The minimum atomic E-state index is -3.39. The number of non-ortho nitro benzene ring substituents is 1. The first kappa shape index (κ1) is 108. The zero-order chi connectivity index (χ0) is 99.0. The summed E-state index contributed by atoms with van der Waals surface area (Å²) in [5.74, 6) is 0.239. The van der Waals surface area contributed by atoms with Gasteiger partial charge in [-0.2, -0.15) is 11.3 Å². The van der Waals surface area contributed by atoms with Crippen molar-refractivity contribution in [1.29, 1.82) is 0 Å². The van der Waals surface area contributed by atoms with E-state index in [2.05, 4.69) is 164 Å². The third-order valence-electron chi connectivity index (χ3n) is 25.8. The maximum absolute atomic E-state index is 12.9. The number of anilines is 3. The number of hydrogen-bond donors (Lipinski definition) is 4. The van der Waals surface area contributed by atoms with Crippen molar-refractivity contribution in [2.75, 3.05) is 180 Å². The van der Waals surface area contributed by atoms with Crippen molar-refractivity contribution in [1.82, 2.24) is 59.2 Å². The first-order valence-electron chi connectivity index (χ1n) is 49.5. The van der Waals surface area contributed by atoms with Crippen LogP contribution in [0.4, 0.5) is 22.7 Å². The van der Waals surface area contributed by atoms with Crippen molar-refractivity contribution in [3.63, 3.8) is 0 Å². The van der Waals surface area contributed by atoms with E-state index in [1.807, 2.05) is 225 Å². The Kier molecular flexibility index (Phi) is 43.7. The van der Waals surface area contributed by atoms with Gasteiger partial charge in [-0.3, -0.25) is 68.3 Å². The first-order valence-corrected chi connectivity index (χ1v) is 52.4. The molecule has 26 heteroatoms. The number of piperazine rings is 4. The molecule has 736 valence electrons. The van der Waals surface area contributed by atoms with Gasteiger partial charge in [0.05, 0.1) is 35.3 Å². The van der Waals surface area contributed by atoms with E-state index in [0.29, 0.717) is 43.0 Å². The Balaban J connectivity index is 0.000000188. The van der Waals surface area contributed by atoms with Crippen LogP contribution in [-0.4, -0.2) is 254 Å². The second-order valence-electron chi connectivity index (χ2n) is 34.5. The van der Waals surface area contributed by atoms with Gasteiger partial charge in [-0.05, 0) is 218 Å². The number of nitro groups is 1. The number of benzene rings is 10. The predicted octanol–water partition coefficient (Wildman–Crippen LogP) is 18.9. The van der Waals surface area contributed by atoms with Crippen LogP contribution in [0.3, 0.4) is 0 Å². The van der Waals surface area contributed by atoms with Crippen LogP contribution >= 0.6 is 11.3 Å². The third kappa shape index (κ3) is 31.1. The minimum absolute atomic E-state index is 0.0237. The number of thiophene rings is 1. The summed E-state index contributed by atoms with van der Waals surface area (Å²) < 4.78 is 26.4. The van der Waals surface area contributed by atoms with Crippen molar-refractivity contribution in [2.45, 2.75) is 127 Å². The number of rotatable bonds is 33. The van der Waals surface area contributed by atoms with Crippen molar-refractivity contribution in [2.24, 2.45) is 0 Å². The van der Waals surface area contributed by atoms with Gasteiger partial charge in [0.1, 0.15) is 0 Å². The fourth-order valence-corrected chi connectivity index (χ4v) is 19.7. The van der Waals surface area contributed by atoms with Gasteiger partial charge in [0, 0.05) is 228 Å². The molecular weight excluding hydrogens is 1760 g/mol. The van der Waals surface area contributed by atoms with Gasteiger partial charge in [-0.1, -0.05) is 185 Å². The molecule has 0 bridgehead atoms. The number of amides is 4. The molecule has 4 atom stereocenters.